The van der Waals surface area contributed by atoms with Crippen molar-refractivity contribution in [2.24, 2.45) is 5.73 Å². The molecular formula is C5H8N2O2. The Balaban J connectivity index is 3.89. The van der Waals surface area contributed by atoms with Crippen molar-refractivity contribution in [2.45, 2.75) is 0 Å². The lowest BCUT2D eigenvalue weighted by molar-refractivity contribution is -0.132. The first-order chi connectivity index (χ1) is 4.22. The number of hydrogen-bond donors (Lipinski definition) is 2. The molecule has 0 bridgehead atoms. The summed E-state index contributed by atoms with van der Waals surface area (Å²) in [6, 6.07) is 0. The van der Waals surface area contributed by atoms with Gasteiger partial charge in [-0.2, -0.15) is 0 Å². The number of ether oxygens (including phenoxy) is 1. The number of rotatable bonds is 2. The first-order valence-corrected chi connectivity index (χ1v) is 2.27. The van der Waals surface area contributed by atoms with Crippen LogP contribution in [0.2, 0.25) is 0 Å². The Kier molecular flexibility index (Phi) is 3.12. The standard InChI is InChI=1S/C5H8N2O2/c1-9-5(8)4(7)2-3-6/h2-3,7H,6H2,1H3/b3-2-,7-4?. The second-order valence-electron chi connectivity index (χ2n) is 1.26. The molecule has 0 aromatic carbocycles. The van der Waals surface area contributed by atoms with Gasteiger partial charge in [0.25, 0.3) is 0 Å². The van der Waals surface area contributed by atoms with Crippen molar-refractivity contribution in [1.29, 1.82) is 5.41 Å². The van der Waals surface area contributed by atoms with E-state index in [1.165, 1.54) is 7.11 Å². The van der Waals surface area contributed by atoms with E-state index in [4.69, 9.17) is 11.1 Å². The molecule has 4 nitrogen and oxygen atoms in total. The van der Waals surface area contributed by atoms with Gasteiger partial charge in [0.15, 0.2) is 0 Å². The maximum absolute atomic E-state index is 10.3. The fraction of sp³-hybridized carbons (Fsp3) is 0.200. The zero-order valence-corrected chi connectivity index (χ0v) is 5.05. The Morgan fingerprint density at radius 1 is 1.78 bits per heavy atom. The molecule has 0 radical (unpaired) electrons. The van der Waals surface area contributed by atoms with Crippen molar-refractivity contribution in [3.05, 3.63) is 12.3 Å². The van der Waals surface area contributed by atoms with Crippen LogP contribution < -0.4 is 5.73 Å². The molecule has 0 aromatic rings. The minimum Gasteiger partial charge on any atom is -0.464 e. The maximum atomic E-state index is 10.3. The highest BCUT2D eigenvalue weighted by atomic mass is 16.5. The molecule has 0 fully saturated rings. The van der Waals surface area contributed by atoms with E-state index >= 15 is 0 Å². The minimum atomic E-state index is -0.684. The molecule has 0 aromatic heterocycles. The molecule has 0 aliphatic rings. The Bertz CT molecular complexity index is 151. The number of hydrogen-bond acceptors (Lipinski definition) is 4. The number of methoxy groups -OCH3 is 1. The van der Waals surface area contributed by atoms with Gasteiger partial charge in [0.1, 0.15) is 5.71 Å². The highest BCUT2D eigenvalue weighted by molar-refractivity contribution is 6.39. The van der Waals surface area contributed by atoms with Gasteiger partial charge in [-0.15, -0.1) is 0 Å². The molecule has 0 heterocycles. The monoisotopic (exact) mass is 128 g/mol. The number of nitrogens with one attached hydrogen (secondary N) is 1. The summed E-state index contributed by atoms with van der Waals surface area (Å²) < 4.78 is 4.19. The fourth-order valence-corrected chi connectivity index (χ4v) is 0.274. The third-order valence-corrected chi connectivity index (χ3v) is 0.668. The zero-order valence-electron chi connectivity index (χ0n) is 5.05. The van der Waals surface area contributed by atoms with Crippen LogP contribution in [0, 0.1) is 5.41 Å². The average molecular weight is 128 g/mol. The molecule has 0 spiro atoms. The molecule has 0 saturated heterocycles. The van der Waals surface area contributed by atoms with Crippen LogP contribution in [0.4, 0.5) is 0 Å². The average Bonchev–Trinajstić information content (AvgIpc) is 1.87. The predicted octanol–water partition coefficient (Wildman–Crippen LogP) is -0.348. The Morgan fingerprint density at radius 3 is 2.67 bits per heavy atom. The van der Waals surface area contributed by atoms with Crippen molar-refractivity contribution in [1.82, 2.24) is 0 Å². The van der Waals surface area contributed by atoms with Crippen LogP contribution in [0.1, 0.15) is 0 Å². The first kappa shape index (κ1) is 7.68. The fourth-order valence-electron chi connectivity index (χ4n) is 0.274. The Hall–Kier alpha value is -1.32. The Labute approximate surface area is 52.8 Å². The highest BCUT2D eigenvalue weighted by Crippen LogP contribution is 1.78. The van der Waals surface area contributed by atoms with Gasteiger partial charge in [0, 0.05) is 0 Å². The number of carbonyl (C=O) groups excluding carboxylic acids is 1. The van der Waals surface area contributed by atoms with Crippen LogP contribution >= 0.6 is 0 Å². The summed E-state index contributed by atoms with van der Waals surface area (Å²) in [6.45, 7) is 0. The molecule has 0 aliphatic heterocycles. The Morgan fingerprint density at radius 2 is 2.33 bits per heavy atom. The van der Waals surface area contributed by atoms with Gasteiger partial charge in [0.2, 0.25) is 0 Å². The summed E-state index contributed by atoms with van der Waals surface area (Å²) in [7, 11) is 1.21. The van der Waals surface area contributed by atoms with Crippen molar-refractivity contribution in [3.8, 4) is 0 Å². The van der Waals surface area contributed by atoms with Crippen molar-refractivity contribution in [3.63, 3.8) is 0 Å². The largest absolute Gasteiger partial charge is 0.464 e. The lowest BCUT2D eigenvalue weighted by Gasteiger charge is -1.92. The molecule has 0 rings (SSSR count). The number of carbonyl (C=O) groups is 1. The van der Waals surface area contributed by atoms with Gasteiger partial charge in [-0.1, -0.05) is 0 Å². The normalized spacial score (nSPS) is 9.44. The molecule has 50 valence electrons. The van der Waals surface area contributed by atoms with Crippen molar-refractivity contribution >= 4 is 11.7 Å². The zero-order chi connectivity index (χ0) is 7.28. The third kappa shape index (κ3) is 2.48. The van der Waals surface area contributed by atoms with Crippen LogP contribution in [0.25, 0.3) is 0 Å². The summed E-state index contributed by atoms with van der Waals surface area (Å²) >= 11 is 0. The second kappa shape index (κ2) is 3.65. The summed E-state index contributed by atoms with van der Waals surface area (Å²) in [5.74, 6) is -0.684. The predicted molar refractivity (Wildman–Crippen MR) is 33.1 cm³/mol. The van der Waals surface area contributed by atoms with Gasteiger partial charge < -0.3 is 10.5 Å². The molecule has 0 saturated carbocycles. The molecule has 0 amide bonds. The van der Waals surface area contributed by atoms with Gasteiger partial charge in [-0.05, 0) is 12.3 Å². The molecule has 0 unspecified atom stereocenters. The van der Waals surface area contributed by atoms with Crippen molar-refractivity contribution < 1.29 is 9.53 Å². The van der Waals surface area contributed by atoms with Crippen LogP contribution in [0.3, 0.4) is 0 Å². The third-order valence-electron chi connectivity index (χ3n) is 0.668. The van der Waals surface area contributed by atoms with Crippen LogP contribution in [-0.2, 0) is 9.53 Å². The van der Waals surface area contributed by atoms with E-state index in [-0.39, 0.29) is 5.71 Å². The lowest BCUT2D eigenvalue weighted by Crippen LogP contribution is -2.11. The SMILES string of the molecule is COC(=O)C(=N)/C=C\N. The van der Waals surface area contributed by atoms with Gasteiger partial charge >= 0.3 is 5.97 Å². The minimum absolute atomic E-state index is 0.250. The van der Waals surface area contributed by atoms with E-state index in [9.17, 15) is 4.79 Å². The summed E-state index contributed by atoms with van der Waals surface area (Å²) in [5.41, 5.74) is 4.64. The second-order valence-corrected chi connectivity index (χ2v) is 1.26. The van der Waals surface area contributed by atoms with E-state index in [2.05, 4.69) is 4.74 Å². The molecular weight excluding hydrogens is 120 g/mol. The summed E-state index contributed by atoms with van der Waals surface area (Å²) in [4.78, 5) is 10.3. The molecule has 9 heavy (non-hydrogen) atoms. The quantitative estimate of drug-likeness (QED) is 0.394. The first-order valence-electron chi connectivity index (χ1n) is 2.27. The maximum Gasteiger partial charge on any atom is 0.355 e. The van der Waals surface area contributed by atoms with Gasteiger partial charge in [-0.25, -0.2) is 4.79 Å². The van der Waals surface area contributed by atoms with Gasteiger partial charge in [0.05, 0.1) is 7.11 Å². The summed E-state index contributed by atoms with van der Waals surface area (Å²) in [5, 5.41) is 6.85. The van der Waals surface area contributed by atoms with E-state index in [0.717, 1.165) is 12.3 Å². The number of nitrogens with two attached hydrogens (primary N) is 1. The number of esters is 1. The van der Waals surface area contributed by atoms with E-state index in [1.807, 2.05) is 0 Å². The van der Waals surface area contributed by atoms with Crippen LogP contribution in [0.15, 0.2) is 12.3 Å². The molecule has 3 N–H and O–H groups in total. The molecule has 0 atom stereocenters. The van der Waals surface area contributed by atoms with Gasteiger partial charge in [-0.3, -0.25) is 5.41 Å². The highest BCUT2D eigenvalue weighted by Gasteiger charge is 2.02. The summed E-state index contributed by atoms with van der Waals surface area (Å²) in [6.07, 6.45) is 2.27. The lowest BCUT2D eigenvalue weighted by atomic mass is 10.4. The molecule has 0 aliphatic carbocycles. The van der Waals surface area contributed by atoms with Crippen LogP contribution in [0.5, 0.6) is 0 Å². The topological polar surface area (TPSA) is 76.2 Å². The smallest absolute Gasteiger partial charge is 0.355 e. The molecule has 4 heteroatoms. The van der Waals surface area contributed by atoms with Crippen molar-refractivity contribution in [2.75, 3.05) is 7.11 Å². The van der Waals surface area contributed by atoms with E-state index in [0.29, 0.717) is 0 Å². The van der Waals surface area contributed by atoms with E-state index in [1.54, 1.807) is 0 Å². The van der Waals surface area contributed by atoms with Crippen LogP contribution in [-0.4, -0.2) is 18.8 Å². The van der Waals surface area contributed by atoms with E-state index < -0.39 is 5.97 Å².